The van der Waals surface area contributed by atoms with Crippen molar-refractivity contribution >= 4 is 16.8 Å². The van der Waals surface area contributed by atoms with E-state index in [9.17, 15) is 9.59 Å². The van der Waals surface area contributed by atoms with E-state index < -0.39 is 0 Å². The number of hydrogen-bond acceptors (Lipinski definition) is 4. The zero-order valence-electron chi connectivity index (χ0n) is 18.0. The maximum absolute atomic E-state index is 13.0. The van der Waals surface area contributed by atoms with E-state index in [1.54, 1.807) is 27.4 Å². The molecule has 0 unspecified atom stereocenters. The van der Waals surface area contributed by atoms with Crippen molar-refractivity contribution in [2.45, 2.75) is 38.3 Å². The average molecular weight is 428 g/mol. The Morgan fingerprint density at radius 2 is 1.84 bits per heavy atom. The molecule has 0 bridgehead atoms. The highest BCUT2D eigenvalue weighted by atomic mass is 16.2. The maximum atomic E-state index is 13.0. The van der Waals surface area contributed by atoms with Gasteiger partial charge in [0.15, 0.2) is 0 Å². The second-order valence-corrected chi connectivity index (χ2v) is 8.33. The molecule has 0 aliphatic heterocycles. The number of aryl methyl sites for hydroxylation is 1. The molecular formula is C25H25N5O2. The molecule has 1 aliphatic carbocycles. The molecule has 1 aliphatic rings. The number of amides is 1. The zero-order chi connectivity index (χ0) is 22.1. The van der Waals surface area contributed by atoms with Crippen molar-refractivity contribution in [3.8, 4) is 5.69 Å². The molecule has 1 amide bonds. The standard InChI is InChI=1S/C25H25N5O2/c1-28(16-18-15-26-29(17-18)19-7-3-2-4-8-19)24(31)14-13-23-27-22-10-6-5-9-21(22)25(32)30(23)20-11-12-20/h2-10,15,17,20H,11-14,16H2,1H3. The third kappa shape index (κ3) is 4.06. The molecule has 2 aromatic carbocycles. The van der Waals surface area contributed by atoms with Crippen molar-refractivity contribution in [1.82, 2.24) is 24.2 Å². The summed E-state index contributed by atoms with van der Waals surface area (Å²) >= 11 is 0. The van der Waals surface area contributed by atoms with Gasteiger partial charge in [0.05, 0.1) is 22.8 Å². The van der Waals surface area contributed by atoms with Gasteiger partial charge in [-0.2, -0.15) is 5.10 Å². The van der Waals surface area contributed by atoms with Gasteiger partial charge in [-0.25, -0.2) is 9.67 Å². The van der Waals surface area contributed by atoms with Crippen LogP contribution >= 0.6 is 0 Å². The Balaban J connectivity index is 1.28. The molecule has 32 heavy (non-hydrogen) atoms. The lowest BCUT2D eigenvalue weighted by molar-refractivity contribution is -0.130. The smallest absolute Gasteiger partial charge is 0.261 e. The minimum absolute atomic E-state index is 0.00206. The first-order valence-electron chi connectivity index (χ1n) is 10.9. The highest BCUT2D eigenvalue weighted by molar-refractivity contribution is 5.78. The van der Waals surface area contributed by atoms with Crippen LogP contribution in [-0.4, -0.2) is 37.2 Å². The quantitative estimate of drug-likeness (QED) is 0.452. The van der Waals surface area contributed by atoms with E-state index in [1.165, 1.54) is 0 Å². The second-order valence-electron chi connectivity index (χ2n) is 8.33. The summed E-state index contributed by atoms with van der Waals surface area (Å²) in [5.74, 6) is 0.720. The van der Waals surface area contributed by atoms with Crippen LogP contribution < -0.4 is 5.56 Å². The Kier molecular flexibility index (Phi) is 5.31. The van der Waals surface area contributed by atoms with Crippen LogP contribution in [-0.2, 0) is 17.8 Å². The Morgan fingerprint density at radius 1 is 1.09 bits per heavy atom. The molecule has 4 aromatic rings. The first-order chi connectivity index (χ1) is 15.6. The lowest BCUT2D eigenvalue weighted by atomic mass is 10.2. The summed E-state index contributed by atoms with van der Waals surface area (Å²) in [7, 11) is 1.80. The monoisotopic (exact) mass is 427 g/mol. The number of rotatable bonds is 7. The number of carbonyl (C=O) groups excluding carboxylic acids is 1. The Bertz CT molecular complexity index is 1320. The number of hydrogen-bond donors (Lipinski definition) is 0. The number of para-hydroxylation sites is 2. The van der Waals surface area contributed by atoms with Gasteiger partial charge in [0.1, 0.15) is 5.82 Å². The molecule has 5 rings (SSSR count). The van der Waals surface area contributed by atoms with Crippen LogP contribution in [0.5, 0.6) is 0 Å². The Hall–Kier alpha value is -3.74. The number of fused-ring (bicyclic) bond motifs is 1. The number of benzene rings is 2. The third-order valence-electron chi connectivity index (χ3n) is 5.86. The molecule has 0 spiro atoms. The molecule has 1 saturated carbocycles. The van der Waals surface area contributed by atoms with Crippen molar-refractivity contribution in [2.75, 3.05) is 7.05 Å². The van der Waals surface area contributed by atoms with Crippen molar-refractivity contribution < 1.29 is 4.79 Å². The second kappa shape index (κ2) is 8.42. The highest BCUT2D eigenvalue weighted by Gasteiger charge is 2.28. The summed E-state index contributed by atoms with van der Waals surface area (Å²) in [6.45, 7) is 0.478. The van der Waals surface area contributed by atoms with Crippen LogP contribution in [0.4, 0.5) is 0 Å². The Morgan fingerprint density at radius 3 is 2.62 bits per heavy atom. The average Bonchev–Trinajstić information content (AvgIpc) is 3.55. The molecule has 0 atom stereocenters. The SMILES string of the molecule is CN(Cc1cnn(-c2ccccc2)c1)C(=O)CCc1nc2ccccc2c(=O)n1C1CC1. The van der Waals surface area contributed by atoms with Gasteiger partial charge in [-0.15, -0.1) is 0 Å². The van der Waals surface area contributed by atoms with Crippen LogP contribution in [0.15, 0.2) is 71.8 Å². The van der Waals surface area contributed by atoms with Crippen molar-refractivity contribution in [3.05, 3.63) is 88.7 Å². The number of aromatic nitrogens is 4. The van der Waals surface area contributed by atoms with Gasteiger partial charge in [0, 0.05) is 44.2 Å². The van der Waals surface area contributed by atoms with E-state index in [0.717, 1.165) is 24.1 Å². The van der Waals surface area contributed by atoms with Gasteiger partial charge in [0.25, 0.3) is 5.56 Å². The van der Waals surface area contributed by atoms with E-state index in [2.05, 4.69) is 5.10 Å². The normalized spacial score (nSPS) is 13.4. The molecule has 7 nitrogen and oxygen atoms in total. The van der Waals surface area contributed by atoms with Crippen molar-refractivity contribution in [1.29, 1.82) is 0 Å². The van der Waals surface area contributed by atoms with Crippen LogP contribution in [0, 0.1) is 0 Å². The predicted octanol–water partition coefficient (Wildman–Crippen LogP) is 3.51. The fraction of sp³-hybridized carbons (Fsp3) is 0.280. The molecule has 2 aromatic heterocycles. The van der Waals surface area contributed by atoms with Crippen LogP contribution in [0.1, 0.15) is 36.7 Å². The minimum atomic E-state index is 0.00206. The van der Waals surface area contributed by atoms with Gasteiger partial charge in [-0.05, 0) is 37.1 Å². The Labute approximate surface area is 185 Å². The molecular weight excluding hydrogens is 402 g/mol. The van der Waals surface area contributed by atoms with Gasteiger partial charge < -0.3 is 4.90 Å². The van der Waals surface area contributed by atoms with E-state index in [-0.39, 0.29) is 17.5 Å². The molecule has 0 radical (unpaired) electrons. The third-order valence-corrected chi connectivity index (χ3v) is 5.86. The van der Waals surface area contributed by atoms with Gasteiger partial charge in [0.2, 0.25) is 5.91 Å². The topological polar surface area (TPSA) is 73.0 Å². The number of nitrogens with zero attached hydrogens (tertiary/aromatic N) is 5. The van der Waals surface area contributed by atoms with E-state index >= 15 is 0 Å². The molecule has 2 heterocycles. The van der Waals surface area contributed by atoms with Crippen molar-refractivity contribution in [3.63, 3.8) is 0 Å². The summed E-state index contributed by atoms with van der Waals surface area (Å²) in [5.41, 5.74) is 2.64. The first kappa shape index (κ1) is 20.2. The summed E-state index contributed by atoms with van der Waals surface area (Å²) in [6, 6.07) is 17.5. The molecule has 1 fully saturated rings. The minimum Gasteiger partial charge on any atom is -0.341 e. The van der Waals surface area contributed by atoms with E-state index in [0.29, 0.717) is 36.1 Å². The van der Waals surface area contributed by atoms with E-state index in [1.807, 2.05) is 60.8 Å². The highest BCUT2D eigenvalue weighted by Crippen LogP contribution is 2.35. The first-order valence-corrected chi connectivity index (χ1v) is 10.9. The fourth-order valence-corrected chi connectivity index (χ4v) is 4.01. The van der Waals surface area contributed by atoms with Crippen molar-refractivity contribution in [2.24, 2.45) is 0 Å². The summed E-state index contributed by atoms with van der Waals surface area (Å²) in [5, 5.41) is 5.04. The van der Waals surface area contributed by atoms with Gasteiger partial charge >= 0.3 is 0 Å². The summed E-state index contributed by atoms with van der Waals surface area (Å²) in [4.78, 5) is 32.2. The molecule has 162 valence electrons. The lowest BCUT2D eigenvalue weighted by Crippen LogP contribution is -2.28. The largest absolute Gasteiger partial charge is 0.341 e. The molecule has 0 saturated heterocycles. The lowest BCUT2D eigenvalue weighted by Gasteiger charge is -2.17. The van der Waals surface area contributed by atoms with Gasteiger partial charge in [-0.3, -0.25) is 14.2 Å². The predicted molar refractivity (Wildman–Crippen MR) is 123 cm³/mol. The zero-order valence-corrected chi connectivity index (χ0v) is 18.0. The summed E-state index contributed by atoms with van der Waals surface area (Å²) in [6.07, 6.45) is 6.46. The number of carbonyl (C=O) groups is 1. The van der Waals surface area contributed by atoms with E-state index in [4.69, 9.17) is 4.98 Å². The molecule has 0 N–H and O–H groups in total. The fourth-order valence-electron chi connectivity index (χ4n) is 4.01. The maximum Gasteiger partial charge on any atom is 0.261 e. The van der Waals surface area contributed by atoms with Crippen LogP contribution in [0.25, 0.3) is 16.6 Å². The summed E-state index contributed by atoms with van der Waals surface area (Å²) < 4.78 is 3.61. The van der Waals surface area contributed by atoms with Gasteiger partial charge in [-0.1, -0.05) is 30.3 Å². The van der Waals surface area contributed by atoms with Crippen LogP contribution in [0.3, 0.4) is 0 Å². The van der Waals surface area contributed by atoms with Crippen LogP contribution in [0.2, 0.25) is 0 Å². The molecule has 7 heteroatoms.